The van der Waals surface area contributed by atoms with E-state index in [1.807, 2.05) is 38.1 Å². The quantitative estimate of drug-likeness (QED) is 0.786. The second-order valence-corrected chi connectivity index (χ2v) is 7.45. The molecule has 0 radical (unpaired) electrons. The lowest BCUT2D eigenvalue weighted by molar-refractivity contribution is -0.122. The summed E-state index contributed by atoms with van der Waals surface area (Å²) in [6.45, 7) is 3.83. The van der Waals surface area contributed by atoms with Crippen molar-refractivity contribution in [3.8, 4) is 0 Å². The second kappa shape index (κ2) is 8.39. The third kappa shape index (κ3) is 4.39. The van der Waals surface area contributed by atoms with Gasteiger partial charge in [0, 0.05) is 16.5 Å². The number of benzene rings is 2. The van der Waals surface area contributed by atoms with E-state index < -0.39 is 5.82 Å². The van der Waals surface area contributed by atoms with Crippen molar-refractivity contribution in [2.45, 2.75) is 31.2 Å². The van der Waals surface area contributed by atoms with Crippen LogP contribution in [0.3, 0.4) is 0 Å². The molecule has 0 fully saturated rings. The van der Waals surface area contributed by atoms with Gasteiger partial charge in [-0.3, -0.25) is 14.5 Å². The van der Waals surface area contributed by atoms with Gasteiger partial charge in [0.2, 0.25) is 5.91 Å². The summed E-state index contributed by atoms with van der Waals surface area (Å²) in [5, 5.41) is 2.88. The van der Waals surface area contributed by atoms with E-state index in [2.05, 4.69) is 5.32 Å². The van der Waals surface area contributed by atoms with Crippen LogP contribution in [0.5, 0.6) is 0 Å². The predicted octanol–water partition coefficient (Wildman–Crippen LogP) is 4.22. The maximum atomic E-state index is 14.0. The molecule has 0 aromatic heterocycles. The molecule has 1 heterocycles. The van der Waals surface area contributed by atoms with Gasteiger partial charge in [0.05, 0.1) is 10.6 Å². The number of hydrogen-bond acceptors (Lipinski definition) is 3. The Morgan fingerprint density at radius 3 is 2.67 bits per heavy atom. The predicted molar refractivity (Wildman–Crippen MR) is 107 cm³/mol. The normalized spacial score (nSPS) is 16.2. The van der Waals surface area contributed by atoms with Crippen molar-refractivity contribution in [1.82, 2.24) is 5.32 Å². The molecule has 2 aromatic rings. The fraction of sp³-hybridized carbons (Fsp3) is 0.238. The van der Waals surface area contributed by atoms with Gasteiger partial charge in [0.15, 0.2) is 0 Å². The number of hydrogen-bond donors (Lipinski definition) is 1. The van der Waals surface area contributed by atoms with Crippen molar-refractivity contribution < 1.29 is 14.0 Å². The van der Waals surface area contributed by atoms with Gasteiger partial charge in [-0.15, -0.1) is 0 Å². The van der Waals surface area contributed by atoms with Crippen LogP contribution in [-0.2, 0) is 9.59 Å². The van der Waals surface area contributed by atoms with Crippen LogP contribution in [0.4, 0.5) is 10.1 Å². The first-order valence-corrected chi connectivity index (χ1v) is 9.65. The van der Waals surface area contributed by atoms with E-state index in [0.717, 1.165) is 11.3 Å². The molecule has 3 rings (SSSR count). The van der Waals surface area contributed by atoms with Gasteiger partial charge in [-0.25, -0.2) is 4.39 Å². The molecule has 27 heavy (non-hydrogen) atoms. The Labute approximate surface area is 162 Å². The lowest BCUT2D eigenvalue weighted by Crippen LogP contribution is -2.44. The van der Waals surface area contributed by atoms with Crippen molar-refractivity contribution in [2.75, 3.05) is 11.4 Å². The Kier molecular flexibility index (Phi) is 5.96. The molecular weight excluding hydrogens is 363 g/mol. The first-order chi connectivity index (χ1) is 13.0. The van der Waals surface area contributed by atoms with Gasteiger partial charge >= 0.3 is 0 Å². The molecule has 0 aliphatic carbocycles. The van der Waals surface area contributed by atoms with Crippen LogP contribution >= 0.6 is 11.8 Å². The van der Waals surface area contributed by atoms with Crippen molar-refractivity contribution in [3.05, 3.63) is 64.8 Å². The summed E-state index contributed by atoms with van der Waals surface area (Å²) in [4.78, 5) is 28.1. The molecule has 4 nitrogen and oxygen atoms in total. The molecule has 1 aliphatic rings. The van der Waals surface area contributed by atoms with Crippen LogP contribution in [-0.4, -0.2) is 24.4 Å². The number of anilines is 1. The number of carbonyl (C=O) groups excluding carboxylic acids is 2. The molecule has 2 aromatic carbocycles. The number of para-hydroxylation sites is 1. The lowest BCUT2D eigenvalue weighted by atomic mass is 10.2. The average Bonchev–Trinajstić information content (AvgIpc) is 2.66. The zero-order valence-corrected chi connectivity index (χ0v) is 16.1. The molecular formula is C21H21FN2O2S. The molecule has 6 heteroatoms. The highest BCUT2D eigenvalue weighted by Gasteiger charge is 2.30. The molecule has 1 aliphatic heterocycles. The Morgan fingerprint density at radius 1 is 1.22 bits per heavy atom. The summed E-state index contributed by atoms with van der Waals surface area (Å²) in [7, 11) is 0. The van der Waals surface area contributed by atoms with E-state index >= 15 is 0 Å². The third-order valence-corrected chi connectivity index (χ3v) is 5.42. The number of amides is 2. The Hall–Kier alpha value is -2.60. The first-order valence-electron chi connectivity index (χ1n) is 8.84. The summed E-state index contributed by atoms with van der Waals surface area (Å²) in [6.07, 6.45) is 2.35. The minimum absolute atomic E-state index is 0.0374. The molecule has 1 atom stereocenters. The van der Waals surface area contributed by atoms with Gasteiger partial charge in [-0.1, -0.05) is 49.0 Å². The van der Waals surface area contributed by atoms with Gasteiger partial charge in [-0.05, 0) is 37.6 Å². The number of thioether (sulfide) groups is 1. The van der Waals surface area contributed by atoms with Crippen LogP contribution in [0.2, 0.25) is 0 Å². The highest BCUT2D eigenvalue weighted by molar-refractivity contribution is 8.04. The minimum Gasteiger partial charge on any atom is -0.352 e. The van der Waals surface area contributed by atoms with Crippen molar-refractivity contribution in [3.63, 3.8) is 0 Å². The molecule has 0 saturated carbocycles. The van der Waals surface area contributed by atoms with E-state index in [1.54, 1.807) is 18.2 Å². The number of fused-ring (bicyclic) bond motifs is 1. The molecule has 0 saturated heterocycles. The van der Waals surface area contributed by atoms with Crippen molar-refractivity contribution in [1.29, 1.82) is 0 Å². The topological polar surface area (TPSA) is 49.4 Å². The maximum absolute atomic E-state index is 14.0. The smallest absolute Gasteiger partial charge is 0.265 e. The Bertz CT molecular complexity index is 897. The van der Waals surface area contributed by atoms with Crippen LogP contribution in [0.15, 0.2) is 58.3 Å². The third-order valence-electron chi connectivity index (χ3n) is 4.35. The molecule has 1 N–H and O–H groups in total. The van der Waals surface area contributed by atoms with Crippen LogP contribution < -0.4 is 10.2 Å². The summed E-state index contributed by atoms with van der Waals surface area (Å²) < 4.78 is 14.0. The fourth-order valence-electron chi connectivity index (χ4n) is 2.72. The van der Waals surface area contributed by atoms with E-state index in [9.17, 15) is 14.0 Å². The summed E-state index contributed by atoms with van der Waals surface area (Å²) in [5.74, 6) is -0.913. The number of rotatable bonds is 5. The summed E-state index contributed by atoms with van der Waals surface area (Å²) in [6, 6.07) is 13.8. The van der Waals surface area contributed by atoms with Crippen LogP contribution in [0.1, 0.15) is 25.8 Å². The van der Waals surface area contributed by atoms with E-state index in [1.165, 1.54) is 28.8 Å². The number of nitrogens with one attached hydrogen (secondary N) is 1. The average molecular weight is 384 g/mol. The maximum Gasteiger partial charge on any atom is 0.265 e. The fourth-order valence-corrected chi connectivity index (χ4v) is 3.77. The van der Waals surface area contributed by atoms with Crippen LogP contribution in [0.25, 0.3) is 6.08 Å². The van der Waals surface area contributed by atoms with Crippen LogP contribution in [0, 0.1) is 5.82 Å². The molecule has 0 bridgehead atoms. The highest BCUT2D eigenvalue weighted by atomic mass is 32.2. The molecule has 140 valence electrons. The Morgan fingerprint density at radius 2 is 1.93 bits per heavy atom. The van der Waals surface area contributed by atoms with Crippen molar-refractivity contribution >= 4 is 35.3 Å². The van der Waals surface area contributed by atoms with Gasteiger partial charge in [-0.2, -0.15) is 0 Å². The zero-order valence-electron chi connectivity index (χ0n) is 15.2. The molecule has 2 amide bonds. The summed E-state index contributed by atoms with van der Waals surface area (Å²) >= 11 is 1.29. The highest BCUT2D eigenvalue weighted by Crippen LogP contribution is 2.42. The lowest BCUT2D eigenvalue weighted by Gasteiger charge is -2.30. The largest absolute Gasteiger partial charge is 0.352 e. The standard InChI is InChI=1S/C21H21FN2O2S/c1-3-14(2)23-20(25)13-24-17-10-6-7-11-18(17)27-19(21(24)26)12-15-8-4-5-9-16(15)22/h4-12,14H,3,13H2,1-2H3,(H,23,25). The number of halogens is 1. The molecule has 0 spiro atoms. The zero-order chi connectivity index (χ0) is 19.4. The van der Waals surface area contributed by atoms with Gasteiger partial charge in [0.1, 0.15) is 12.4 Å². The number of carbonyl (C=O) groups is 2. The first kappa shape index (κ1) is 19.2. The molecule has 1 unspecified atom stereocenters. The van der Waals surface area contributed by atoms with E-state index in [-0.39, 0.29) is 24.4 Å². The summed E-state index contributed by atoms with van der Waals surface area (Å²) in [5.41, 5.74) is 1.04. The van der Waals surface area contributed by atoms with Crippen molar-refractivity contribution in [2.24, 2.45) is 0 Å². The van der Waals surface area contributed by atoms with Gasteiger partial charge < -0.3 is 5.32 Å². The van der Waals surface area contributed by atoms with E-state index in [0.29, 0.717) is 16.2 Å². The van der Waals surface area contributed by atoms with E-state index in [4.69, 9.17) is 0 Å². The Balaban J connectivity index is 1.93. The second-order valence-electron chi connectivity index (χ2n) is 6.37. The monoisotopic (exact) mass is 384 g/mol. The SMILES string of the molecule is CCC(C)NC(=O)CN1C(=O)C(=Cc2ccccc2F)Sc2ccccc21. The minimum atomic E-state index is -0.390. The van der Waals surface area contributed by atoms with Gasteiger partial charge in [0.25, 0.3) is 5.91 Å². The number of nitrogens with zero attached hydrogens (tertiary/aromatic N) is 1.